The number of fused-ring (bicyclic) bond motifs is 1. The minimum Gasteiger partial charge on any atom is -0.441 e. The van der Waals surface area contributed by atoms with E-state index in [9.17, 15) is 4.79 Å². The second kappa shape index (κ2) is 3.73. The molecule has 0 atom stereocenters. The van der Waals surface area contributed by atoms with E-state index in [-0.39, 0.29) is 0 Å². The largest absolute Gasteiger partial charge is 0.441 e. The van der Waals surface area contributed by atoms with E-state index in [1.165, 1.54) is 0 Å². The number of carbonyl (C=O) groups excluding carboxylic acids is 1. The van der Waals surface area contributed by atoms with Gasteiger partial charge in [-0.3, -0.25) is 0 Å². The number of aromatic nitrogens is 1. The molecule has 0 spiro atoms. The Morgan fingerprint density at radius 1 is 1.53 bits per heavy atom. The first-order valence-electron chi connectivity index (χ1n) is 4.72. The maximum Gasteiger partial charge on any atom is 0.192 e. The van der Waals surface area contributed by atoms with Gasteiger partial charge in [0.15, 0.2) is 11.5 Å². The van der Waals surface area contributed by atoms with E-state index in [1.54, 1.807) is 0 Å². The molecule has 0 aliphatic heterocycles. The van der Waals surface area contributed by atoms with Crippen molar-refractivity contribution in [1.29, 1.82) is 0 Å². The summed E-state index contributed by atoms with van der Waals surface area (Å²) in [6.45, 7) is 2.19. The minimum absolute atomic E-state index is 0.377. The van der Waals surface area contributed by atoms with Gasteiger partial charge in [-0.1, -0.05) is 0 Å². The normalized spacial score (nSPS) is 10.5. The fraction of sp³-hybridized carbons (Fsp3) is 0.273. The van der Waals surface area contributed by atoms with Crippen LogP contribution >= 0.6 is 0 Å². The molecule has 0 saturated carbocycles. The quantitative estimate of drug-likeness (QED) is 0.715. The maximum absolute atomic E-state index is 10.4. The lowest BCUT2D eigenvalue weighted by Crippen LogP contribution is -2.18. The van der Waals surface area contributed by atoms with Crippen LogP contribution in [0, 0.1) is 6.92 Å². The van der Waals surface area contributed by atoms with Gasteiger partial charge in [-0.2, -0.15) is 0 Å². The number of likely N-dealkylation sites (N-methyl/N-ethyl adjacent to an activating group) is 1. The van der Waals surface area contributed by atoms with Gasteiger partial charge in [-0.25, -0.2) is 4.98 Å². The third-order valence-corrected chi connectivity index (χ3v) is 2.27. The van der Waals surface area contributed by atoms with Crippen molar-refractivity contribution in [3.63, 3.8) is 0 Å². The Kier molecular flexibility index (Phi) is 2.41. The van der Waals surface area contributed by atoms with E-state index in [2.05, 4.69) is 4.98 Å². The van der Waals surface area contributed by atoms with Gasteiger partial charge < -0.3 is 14.1 Å². The van der Waals surface area contributed by atoms with Gasteiger partial charge in [0.1, 0.15) is 11.8 Å². The van der Waals surface area contributed by atoms with E-state index in [0.717, 1.165) is 23.1 Å². The molecule has 0 amide bonds. The highest BCUT2D eigenvalue weighted by molar-refractivity contribution is 5.78. The SMILES string of the molecule is Cc1nc2cc(N(C)CC=O)ccc2o1. The van der Waals surface area contributed by atoms with Crippen molar-refractivity contribution in [2.45, 2.75) is 6.92 Å². The summed E-state index contributed by atoms with van der Waals surface area (Å²) in [4.78, 5) is 16.5. The first-order valence-corrected chi connectivity index (χ1v) is 4.72. The second-order valence-electron chi connectivity index (χ2n) is 3.43. The lowest BCUT2D eigenvalue weighted by atomic mass is 10.2. The average molecular weight is 204 g/mol. The molecular formula is C11H12N2O2. The number of hydrogen-bond acceptors (Lipinski definition) is 4. The number of anilines is 1. The summed E-state index contributed by atoms with van der Waals surface area (Å²) in [5.74, 6) is 0.653. The van der Waals surface area contributed by atoms with Gasteiger partial charge in [-0.05, 0) is 18.2 Å². The molecule has 0 saturated heterocycles. The highest BCUT2D eigenvalue weighted by atomic mass is 16.3. The van der Waals surface area contributed by atoms with Crippen LogP contribution < -0.4 is 4.90 Å². The van der Waals surface area contributed by atoms with Crippen molar-refractivity contribution >= 4 is 23.1 Å². The smallest absolute Gasteiger partial charge is 0.192 e. The Morgan fingerprint density at radius 3 is 3.07 bits per heavy atom. The minimum atomic E-state index is 0.377. The molecule has 1 aromatic heterocycles. The molecule has 1 aromatic carbocycles. The van der Waals surface area contributed by atoms with Crippen molar-refractivity contribution in [1.82, 2.24) is 4.98 Å². The van der Waals surface area contributed by atoms with Crippen molar-refractivity contribution in [3.8, 4) is 0 Å². The molecule has 0 aliphatic rings. The van der Waals surface area contributed by atoms with Crippen LogP contribution in [0.2, 0.25) is 0 Å². The van der Waals surface area contributed by atoms with Crippen LogP contribution in [0.3, 0.4) is 0 Å². The zero-order chi connectivity index (χ0) is 10.8. The van der Waals surface area contributed by atoms with Gasteiger partial charge >= 0.3 is 0 Å². The molecule has 0 bridgehead atoms. The number of benzene rings is 1. The molecule has 15 heavy (non-hydrogen) atoms. The third-order valence-electron chi connectivity index (χ3n) is 2.27. The van der Waals surface area contributed by atoms with E-state index < -0.39 is 0 Å². The van der Waals surface area contributed by atoms with Gasteiger partial charge in [0, 0.05) is 19.7 Å². The standard InChI is InChI=1S/C11H12N2O2/c1-8-12-10-7-9(13(2)5-6-14)3-4-11(10)15-8/h3-4,6-7H,5H2,1-2H3. The topological polar surface area (TPSA) is 46.3 Å². The summed E-state index contributed by atoms with van der Waals surface area (Å²) in [6, 6.07) is 5.69. The number of carbonyl (C=O) groups is 1. The molecule has 0 unspecified atom stereocenters. The Labute approximate surface area is 87.5 Å². The fourth-order valence-electron chi connectivity index (χ4n) is 1.49. The summed E-state index contributed by atoms with van der Waals surface area (Å²) in [6.07, 6.45) is 0.873. The number of hydrogen-bond donors (Lipinski definition) is 0. The van der Waals surface area contributed by atoms with Gasteiger partial charge in [0.05, 0.1) is 6.54 Å². The molecule has 0 radical (unpaired) electrons. The van der Waals surface area contributed by atoms with E-state index in [1.807, 2.05) is 37.1 Å². The van der Waals surface area contributed by atoms with Gasteiger partial charge in [-0.15, -0.1) is 0 Å². The maximum atomic E-state index is 10.4. The zero-order valence-corrected chi connectivity index (χ0v) is 8.73. The highest BCUT2D eigenvalue weighted by Crippen LogP contribution is 2.21. The zero-order valence-electron chi connectivity index (χ0n) is 8.73. The molecule has 4 nitrogen and oxygen atoms in total. The van der Waals surface area contributed by atoms with Gasteiger partial charge in [0.25, 0.3) is 0 Å². The van der Waals surface area contributed by atoms with Crippen LogP contribution in [0.15, 0.2) is 22.6 Å². The molecule has 2 rings (SSSR count). The predicted octanol–water partition coefficient (Wildman–Crippen LogP) is 1.77. The lowest BCUT2D eigenvalue weighted by molar-refractivity contribution is -0.106. The molecule has 78 valence electrons. The van der Waals surface area contributed by atoms with Crippen LogP contribution in [0.1, 0.15) is 5.89 Å². The van der Waals surface area contributed by atoms with Crippen LogP contribution in [0.25, 0.3) is 11.1 Å². The van der Waals surface area contributed by atoms with Crippen molar-refractivity contribution in [2.75, 3.05) is 18.5 Å². The lowest BCUT2D eigenvalue weighted by Gasteiger charge is -2.15. The van der Waals surface area contributed by atoms with Crippen molar-refractivity contribution in [2.24, 2.45) is 0 Å². The summed E-state index contributed by atoms with van der Waals surface area (Å²) in [7, 11) is 1.86. The number of rotatable bonds is 3. The molecular weight excluding hydrogens is 192 g/mol. The average Bonchev–Trinajstić information content (AvgIpc) is 2.57. The number of aryl methyl sites for hydroxylation is 1. The van der Waals surface area contributed by atoms with Crippen LogP contribution in [0.5, 0.6) is 0 Å². The molecule has 0 N–H and O–H groups in total. The van der Waals surface area contributed by atoms with Crippen LogP contribution in [-0.2, 0) is 4.79 Å². The Balaban J connectivity index is 2.41. The Morgan fingerprint density at radius 2 is 2.33 bits per heavy atom. The van der Waals surface area contributed by atoms with Crippen LogP contribution in [-0.4, -0.2) is 24.9 Å². The molecule has 0 fully saturated rings. The van der Waals surface area contributed by atoms with Gasteiger partial charge in [0.2, 0.25) is 0 Å². The number of oxazole rings is 1. The third kappa shape index (κ3) is 1.83. The molecule has 4 heteroatoms. The molecule has 1 heterocycles. The van der Waals surface area contributed by atoms with Crippen molar-refractivity contribution in [3.05, 3.63) is 24.1 Å². The molecule has 0 aliphatic carbocycles. The fourth-order valence-corrected chi connectivity index (χ4v) is 1.49. The summed E-state index contributed by atoms with van der Waals surface area (Å²) < 4.78 is 5.36. The first kappa shape index (κ1) is 9.71. The predicted molar refractivity (Wildman–Crippen MR) is 58.1 cm³/mol. The van der Waals surface area contributed by atoms with Crippen LogP contribution in [0.4, 0.5) is 5.69 Å². The summed E-state index contributed by atoms with van der Waals surface area (Å²) >= 11 is 0. The highest BCUT2D eigenvalue weighted by Gasteiger charge is 2.05. The monoisotopic (exact) mass is 204 g/mol. The first-order chi connectivity index (χ1) is 7.20. The van der Waals surface area contributed by atoms with E-state index in [4.69, 9.17) is 4.42 Å². The second-order valence-corrected chi connectivity index (χ2v) is 3.43. The van der Waals surface area contributed by atoms with Crippen molar-refractivity contribution < 1.29 is 9.21 Å². The Bertz CT molecular complexity index is 490. The summed E-state index contributed by atoms with van der Waals surface area (Å²) in [5.41, 5.74) is 2.56. The molecule has 2 aromatic rings. The van der Waals surface area contributed by atoms with E-state index in [0.29, 0.717) is 12.4 Å². The summed E-state index contributed by atoms with van der Waals surface area (Å²) in [5, 5.41) is 0. The number of nitrogens with zero attached hydrogens (tertiary/aromatic N) is 2. The Hall–Kier alpha value is -1.84. The van der Waals surface area contributed by atoms with E-state index >= 15 is 0 Å². The number of aldehydes is 1.